The van der Waals surface area contributed by atoms with Crippen LogP contribution in [0.5, 0.6) is 11.5 Å². The van der Waals surface area contributed by atoms with Gasteiger partial charge in [0.05, 0.1) is 0 Å². The molecular formula is C14H21NO4. The summed E-state index contributed by atoms with van der Waals surface area (Å²) in [4.78, 5) is 11.6. The van der Waals surface area contributed by atoms with Crippen molar-refractivity contribution in [2.45, 2.75) is 19.8 Å². The minimum Gasteiger partial charge on any atom is -0.504 e. The Morgan fingerprint density at radius 1 is 1.42 bits per heavy atom. The summed E-state index contributed by atoms with van der Waals surface area (Å²) in [6.45, 7) is 2.54. The summed E-state index contributed by atoms with van der Waals surface area (Å²) in [5.41, 5.74) is 0. The maximum Gasteiger partial charge on any atom is 0.257 e. The number of aliphatic hydroxyl groups is 1. The molecule has 5 heteroatoms. The van der Waals surface area contributed by atoms with E-state index in [1.165, 1.54) is 6.07 Å². The van der Waals surface area contributed by atoms with Gasteiger partial charge in [-0.05, 0) is 24.5 Å². The van der Waals surface area contributed by atoms with Crippen molar-refractivity contribution >= 4 is 5.91 Å². The third-order valence-corrected chi connectivity index (χ3v) is 2.93. The van der Waals surface area contributed by atoms with E-state index in [1.54, 1.807) is 18.2 Å². The standard InChI is InChI=1S/C14H21NO4/c1-2-11(7-8-16)9-15-14(18)10-19-13-6-4-3-5-12(13)17/h3-6,11,16-17H,2,7-10H2,1H3,(H,15,18). The Kier molecular flexibility index (Phi) is 6.74. The zero-order valence-corrected chi connectivity index (χ0v) is 11.1. The van der Waals surface area contributed by atoms with Crippen molar-refractivity contribution in [3.8, 4) is 11.5 Å². The molecule has 0 aliphatic carbocycles. The molecule has 1 aromatic carbocycles. The molecule has 5 nitrogen and oxygen atoms in total. The normalized spacial score (nSPS) is 11.9. The molecule has 3 N–H and O–H groups in total. The molecule has 0 fully saturated rings. The van der Waals surface area contributed by atoms with Crippen LogP contribution in [-0.2, 0) is 4.79 Å². The number of rotatable bonds is 8. The zero-order chi connectivity index (χ0) is 14.1. The van der Waals surface area contributed by atoms with Gasteiger partial charge in [0.25, 0.3) is 5.91 Å². The molecule has 0 bridgehead atoms. The predicted octanol–water partition coefficient (Wildman–Crippen LogP) is 1.30. The lowest BCUT2D eigenvalue weighted by atomic mass is 10.0. The molecule has 106 valence electrons. The number of aromatic hydroxyl groups is 1. The van der Waals surface area contributed by atoms with Crippen molar-refractivity contribution in [3.05, 3.63) is 24.3 Å². The number of benzene rings is 1. The minimum atomic E-state index is -0.236. The fourth-order valence-corrected chi connectivity index (χ4v) is 1.66. The van der Waals surface area contributed by atoms with Crippen molar-refractivity contribution in [3.63, 3.8) is 0 Å². The molecule has 1 atom stereocenters. The SMILES string of the molecule is CCC(CCO)CNC(=O)COc1ccccc1O. The van der Waals surface area contributed by atoms with Crippen molar-refractivity contribution in [2.24, 2.45) is 5.92 Å². The molecule has 0 radical (unpaired) electrons. The second-order valence-corrected chi connectivity index (χ2v) is 4.35. The van der Waals surface area contributed by atoms with Crippen molar-refractivity contribution in [2.75, 3.05) is 19.8 Å². The summed E-state index contributed by atoms with van der Waals surface area (Å²) in [6.07, 6.45) is 1.58. The maximum absolute atomic E-state index is 11.6. The molecule has 0 aliphatic rings. The molecule has 0 aliphatic heterocycles. The fraction of sp³-hybridized carbons (Fsp3) is 0.500. The summed E-state index contributed by atoms with van der Waals surface area (Å²) in [5.74, 6) is 0.348. The van der Waals surface area contributed by atoms with E-state index in [2.05, 4.69) is 5.32 Å². The highest BCUT2D eigenvalue weighted by molar-refractivity contribution is 5.77. The topological polar surface area (TPSA) is 78.8 Å². The highest BCUT2D eigenvalue weighted by Crippen LogP contribution is 2.23. The Hall–Kier alpha value is -1.75. The zero-order valence-electron chi connectivity index (χ0n) is 11.1. The molecule has 0 aromatic heterocycles. The Bertz CT molecular complexity index is 395. The first-order chi connectivity index (χ1) is 9.17. The molecule has 1 aromatic rings. The third-order valence-electron chi connectivity index (χ3n) is 2.93. The van der Waals surface area contributed by atoms with E-state index in [4.69, 9.17) is 9.84 Å². The van der Waals surface area contributed by atoms with Crippen LogP contribution < -0.4 is 10.1 Å². The Morgan fingerprint density at radius 3 is 2.79 bits per heavy atom. The van der Waals surface area contributed by atoms with Crippen molar-refractivity contribution in [1.82, 2.24) is 5.32 Å². The van der Waals surface area contributed by atoms with Gasteiger partial charge < -0.3 is 20.3 Å². The van der Waals surface area contributed by atoms with Crippen LogP contribution >= 0.6 is 0 Å². The first-order valence-electron chi connectivity index (χ1n) is 6.45. The smallest absolute Gasteiger partial charge is 0.257 e. The molecule has 1 amide bonds. The Morgan fingerprint density at radius 2 is 2.16 bits per heavy atom. The molecule has 1 unspecified atom stereocenters. The second-order valence-electron chi connectivity index (χ2n) is 4.35. The van der Waals surface area contributed by atoms with E-state index in [0.29, 0.717) is 18.7 Å². The first-order valence-corrected chi connectivity index (χ1v) is 6.45. The van der Waals surface area contributed by atoms with Crippen molar-refractivity contribution in [1.29, 1.82) is 0 Å². The number of ether oxygens (including phenoxy) is 1. The van der Waals surface area contributed by atoms with Gasteiger partial charge >= 0.3 is 0 Å². The average Bonchev–Trinajstić information content (AvgIpc) is 2.42. The quantitative estimate of drug-likeness (QED) is 0.663. The van der Waals surface area contributed by atoms with Crippen LogP contribution in [0.2, 0.25) is 0 Å². The van der Waals surface area contributed by atoms with E-state index >= 15 is 0 Å². The lowest BCUT2D eigenvalue weighted by Gasteiger charge is -2.14. The van der Waals surface area contributed by atoms with Gasteiger partial charge in [0.2, 0.25) is 0 Å². The largest absolute Gasteiger partial charge is 0.504 e. The highest BCUT2D eigenvalue weighted by Gasteiger charge is 2.09. The van der Waals surface area contributed by atoms with Crippen LogP contribution in [0.15, 0.2) is 24.3 Å². The molecule has 1 rings (SSSR count). The van der Waals surface area contributed by atoms with Gasteiger partial charge in [0.1, 0.15) is 0 Å². The monoisotopic (exact) mass is 267 g/mol. The molecular weight excluding hydrogens is 246 g/mol. The predicted molar refractivity (Wildman–Crippen MR) is 72.1 cm³/mol. The lowest BCUT2D eigenvalue weighted by molar-refractivity contribution is -0.123. The number of hydrogen-bond acceptors (Lipinski definition) is 4. The number of carbonyl (C=O) groups excluding carboxylic acids is 1. The summed E-state index contributed by atoms with van der Waals surface area (Å²) in [7, 11) is 0. The number of carbonyl (C=O) groups is 1. The summed E-state index contributed by atoms with van der Waals surface area (Å²) >= 11 is 0. The van der Waals surface area contributed by atoms with E-state index in [-0.39, 0.29) is 30.8 Å². The van der Waals surface area contributed by atoms with Crippen LogP contribution in [0, 0.1) is 5.92 Å². The molecule has 0 spiro atoms. The fourth-order valence-electron chi connectivity index (χ4n) is 1.66. The lowest BCUT2D eigenvalue weighted by Crippen LogP contribution is -2.33. The number of hydrogen-bond donors (Lipinski definition) is 3. The molecule has 0 heterocycles. The Balaban J connectivity index is 2.30. The first kappa shape index (κ1) is 15.3. The number of aliphatic hydroxyl groups excluding tert-OH is 1. The van der Waals surface area contributed by atoms with Crippen molar-refractivity contribution < 1.29 is 19.7 Å². The average molecular weight is 267 g/mol. The van der Waals surface area contributed by atoms with Gasteiger partial charge in [-0.25, -0.2) is 0 Å². The van der Waals surface area contributed by atoms with Gasteiger partial charge in [-0.15, -0.1) is 0 Å². The van der Waals surface area contributed by atoms with Gasteiger partial charge in [0.15, 0.2) is 18.1 Å². The number of phenolic OH excluding ortho intramolecular Hbond substituents is 1. The van der Waals surface area contributed by atoms with E-state index in [1.807, 2.05) is 6.92 Å². The number of phenols is 1. The molecule has 0 saturated heterocycles. The van der Waals surface area contributed by atoms with E-state index in [0.717, 1.165) is 6.42 Å². The van der Waals surface area contributed by atoms with Crippen LogP contribution in [0.4, 0.5) is 0 Å². The van der Waals surface area contributed by atoms with Gasteiger partial charge in [-0.2, -0.15) is 0 Å². The molecule has 19 heavy (non-hydrogen) atoms. The van der Waals surface area contributed by atoms with Gasteiger partial charge in [-0.3, -0.25) is 4.79 Å². The number of nitrogens with one attached hydrogen (secondary N) is 1. The molecule has 0 saturated carbocycles. The van der Waals surface area contributed by atoms with Gasteiger partial charge in [0, 0.05) is 13.2 Å². The highest BCUT2D eigenvalue weighted by atomic mass is 16.5. The van der Waals surface area contributed by atoms with Crippen LogP contribution in [-0.4, -0.2) is 35.9 Å². The summed E-state index contributed by atoms with van der Waals surface area (Å²) < 4.78 is 5.21. The van der Waals surface area contributed by atoms with Crippen LogP contribution in [0.3, 0.4) is 0 Å². The summed E-state index contributed by atoms with van der Waals surface area (Å²) in [5, 5.41) is 21.1. The second kappa shape index (κ2) is 8.37. The number of amides is 1. The summed E-state index contributed by atoms with van der Waals surface area (Å²) in [6, 6.07) is 6.51. The number of para-hydroxylation sites is 2. The maximum atomic E-state index is 11.6. The van der Waals surface area contributed by atoms with Gasteiger partial charge in [-0.1, -0.05) is 25.5 Å². The third kappa shape index (κ3) is 5.61. The van der Waals surface area contributed by atoms with Crippen LogP contribution in [0.1, 0.15) is 19.8 Å². The Labute approximate surface area is 113 Å². The minimum absolute atomic E-state index is 0.0158. The van der Waals surface area contributed by atoms with E-state index < -0.39 is 0 Å². The van der Waals surface area contributed by atoms with E-state index in [9.17, 15) is 9.90 Å². The van der Waals surface area contributed by atoms with Crippen LogP contribution in [0.25, 0.3) is 0 Å².